The number of nitrogens with one attached hydrogen (secondary N) is 1. The fourth-order valence-corrected chi connectivity index (χ4v) is 3.35. The molecule has 0 spiro atoms. The van der Waals surface area contributed by atoms with E-state index in [1.165, 1.54) is 11.8 Å². The Morgan fingerprint density at radius 1 is 1.15 bits per heavy atom. The number of carbonyl (C=O) groups is 1. The van der Waals surface area contributed by atoms with E-state index in [0.717, 1.165) is 16.8 Å². The molecule has 0 aliphatic rings. The summed E-state index contributed by atoms with van der Waals surface area (Å²) in [6, 6.07) is 15.1. The lowest BCUT2D eigenvalue weighted by Crippen LogP contribution is -2.14. The lowest BCUT2D eigenvalue weighted by molar-refractivity contribution is -0.113. The van der Waals surface area contributed by atoms with Crippen LogP contribution < -0.4 is 5.32 Å². The zero-order chi connectivity index (χ0) is 18.6. The molecule has 0 fully saturated rings. The van der Waals surface area contributed by atoms with Gasteiger partial charge in [-0.3, -0.25) is 4.79 Å². The minimum absolute atomic E-state index is 0.0811. The summed E-state index contributed by atoms with van der Waals surface area (Å²) in [4.78, 5) is 20.8. The number of nitrogens with zero attached hydrogens (tertiary/aromatic N) is 2. The largest absolute Gasteiger partial charge is 0.444 e. The van der Waals surface area contributed by atoms with Gasteiger partial charge in [-0.05, 0) is 24.3 Å². The van der Waals surface area contributed by atoms with Crippen molar-refractivity contribution in [1.82, 2.24) is 9.97 Å². The molecule has 136 valence electrons. The van der Waals surface area contributed by atoms with Gasteiger partial charge in [0.2, 0.25) is 11.8 Å². The van der Waals surface area contributed by atoms with Crippen LogP contribution in [0.5, 0.6) is 0 Å². The van der Waals surface area contributed by atoms with Crippen molar-refractivity contribution in [3.8, 4) is 11.5 Å². The molecule has 2 aromatic carbocycles. The number of thioether (sulfide) groups is 1. The first-order chi connectivity index (χ1) is 13.2. The van der Waals surface area contributed by atoms with Crippen molar-refractivity contribution in [2.45, 2.75) is 12.7 Å². The van der Waals surface area contributed by atoms with Crippen LogP contribution in [0.1, 0.15) is 11.6 Å². The molecule has 0 aliphatic carbocycles. The SMILES string of the molecule is Cc1nc2ccc(NC(=O)CSCc3coc(-c4ccccc4)n3)cc2o1. The number of benzene rings is 2. The van der Waals surface area contributed by atoms with Crippen molar-refractivity contribution in [3.05, 3.63) is 66.4 Å². The minimum atomic E-state index is -0.0811. The molecule has 0 radical (unpaired) electrons. The molecule has 0 bridgehead atoms. The van der Waals surface area contributed by atoms with E-state index in [2.05, 4.69) is 15.3 Å². The van der Waals surface area contributed by atoms with Crippen molar-refractivity contribution in [3.63, 3.8) is 0 Å². The van der Waals surface area contributed by atoms with Gasteiger partial charge in [-0.1, -0.05) is 18.2 Å². The van der Waals surface area contributed by atoms with Crippen molar-refractivity contribution in [1.29, 1.82) is 0 Å². The Kier molecular flexibility index (Phi) is 4.93. The molecule has 0 saturated heterocycles. The molecule has 1 amide bonds. The van der Waals surface area contributed by atoms with Crippen LogP contribution in [-0.4, -0.2) is 21.6 Å². The van der Waals surface area contributed by atoms with E-state index >= 15 is 0 Å². The molecule has 0 unspecified atom stereocenters. The highest BCUT2D eigenvalue weighted by molar-refractivity contribution is 7.99. The maximum Gasteiger partial charge on any atom is 0.234 e. The minimum Gasteiger partial charge on any atom is -0.444 e. The van der Waals surface area contributed by atoms with Crippen LogP contribution in [0, 0.1) is 6.92 Å². The second-order valence-electron chi connectivity index (χ2n) is 5.97. The monoisotopic (exact) mass is 379 g/mol. The predicted molar refractivity (Wildman–Crippen MR) is 105 cm³/mol. The summed E-state index contributed by atoms with van der Waals surface area (Å²) >= 11 is 1.48. The van der Waals surface area contributed by atoms with Gasteiger partial charge in [0.25, 0.3) is 0 Å². The second kappa shape index (κ2) is 7.67. The number of aromatic nitrogens is 2. The molecule has 4 aromatic rings. The molecular weight excluding hydrogens is 362 g/mol. The van der Waals surface area contributed by atoms with Gasteiger partial charge >= 0.3 is 0 Å². The average molecular weight is 379 g/mol. The van der Waals surface area contributed by atoms with Gasteiger partial charge in [0.1, 0.15) is 11.8 Å². The van der Waals surface area contributed by atoms with Gasteiger partial charge in [0.05, 0.1) is 11.4 Å². The number of hydrogen-bond acceptors (Lipinski definition) is 6. The molecule has 6 nitrogen and oxygen atoms in total. The Morgan fingerprint density at radius 3 is 2.85 bits per heavy atom. The lowest BCUT2D eigenvalue weighted by Gasteiger charge is -2.04. The molecule has 7 heteroatoms. The number of rotatable bonds is 6. The third-order valence-corrected chi connectivity index (χ3v) is 4.80. The van der Waals surface area contributed by atoms with Crippen LogP contribution in [0.4, 0.5) is 5.69 Å². The first-order valence-corrected chi connectivity index (χ1v) is 9.57. The topological polar surface area (TPSA) is 81.2 Å². The number of aryl methyl sites for hydroxylation is 1. The smallest absolute Gasteiger partial charge is 0.234 e. The number of carbonyl (C=O) groups excluding carboxylic acids is 1. The molecule has 0 saturated carbocycles. The Hall–Kier alpha value is -3.06. The summed E-state index contributed by atoms with van der Waals surface area (Å²) in [5.74, 6) is 2.03. The van der Waals surface area contributed by atoms with E-state index in [1.54, 1.807) is 19.3 Å². The van der Waals surface area contributed by atoms with Crippen LogP contribution >= 0.6 is 11.8 Å². The first-order valence-electron chi connectivity index (χ1n) is 8.42. The molecule has 2 aromatic heterocycles. The van der Waals surface area contributed by atoms with Crippen molar-refractivity contribution in [2.75, 3.05) is 11.1 Å². The molecule has 27 heavy (non-hydrogen) atoms. The lowest BCUT2D eigenvalue weighted by atomic mass is 10.2. The van der Waals surface area contributed by atoms with Crippen LogP contribution in [0.2, 0.25) is 0 Å². The maximum absolute atomic E-state index is 12.1. The van der Waals surface area contributed by atoms with Gasteiger partial charge in [-0.2, -0.15) is 0 Å². The number of hydrogen-bond donors (Lipinski definition) is 1. The van der Waals surface area contributed by atoms with E-state index in [1.807, 2.05) is 42.5 Å². The van der Waals surface area contributed by atoms with Crippen LogP contribution in [0.3, 0.4) is 0 Å². The zero-order valence-corrected chi connectivity index (χ0v) is 15.5. The van der Waals surface area contributed by atoms with Gasteiger partial charge < -0.3 is 14.2 Å². The van der Waals surface area contributed by atoms with Crippen LogP contribution in [0.25, 0.3) is 22.6 Å². The number of fused-ring (bicyclic) bond motifs is 1. The molecular formula is C20H17N3O3S. The fraction of sp³-hybridized carbons (Fsp3) is 0.150. The van der Waals surface area contributed by atoms with Crippen LogP contribution in [-0.2, 0) is 10.5 Å². The highest BCUT2D eigenvalue weighted by Gasteiger charge is 2.09. The maximum atomic E-state index is 12.1. The van der Waals surface area contributed by atoms with E-state index in [9.17, 15) is 4.79 Å². The van der Waals surface area contributed by atoms with E-state index in [-0.39, 0.29) is 5.91 Å². The number of anilines is 1. The first kappa shape index (κ1) is 17.4. The highest BCUT2D eigenvalue weighted by Crippen LogP contribution is 2.22. The Labute approximate surface area is 160 Å². The summed E-state index contributed by atoms with van der Waals surface area (Å²) in [6.45, 7) is 1.79. The van der Waals surface area contributed by atoms with Crippen molar-refractivity contribution in [2.24, 2.45) is 0 Å². The molecule has 0 aliphatic heterocycles. The van der Waals surface area contributed by atoms with Crippen molar-refractivity contribution >= 4 is 34.5 Å². The van der Waals surface area contributed by atoms with Crippen LogP contribution in [0.15, 0.2) is 63.6 Å². The van der Waals surface area contributed by atoms with Gasteiger partial charge in [0, 0.05) is 30.0 Å². The average Bonchev–Trinajstić information content (AvgIpc) is 3.28. The Balaban J connectivity index is 1.29. The third-order valence-electron chi connectivity index (χ3n) is 3.83. The predicted octanol–water partition coefficient (Wildman–Crippen LogP) is 4.66. The normalized spacial score (nSPS) is 11.0. The van der Waals surface area contributed by atoms with E-state index in [4.69, 9.17) is 8.83 Å². The molecule has 4 rings (SSSR count). The second-order valence-corrected chi connectivity index (χ2v) is 6.95. The number of oxazole rings is 2. The van der Waals surface area contributed by atoms with E-state index in [0.29, 0.717) is 34.6 Å². The quantitative estimate of drug-likeness (QED) is 0.525. The van der Waals surface area contributed by atoms with Gasteiger partial charge in [0.15, 0.2) is 11.5 Å². The van der Waals surface area contributed by atoms with Crippen molar-refractivity contribution < 1.29 is 13.6 Å². The zero-order valence-electron chi connectivity index (χ0n) is 14.6. The fourth-order valence-electron chi connectivity index (χ4n) is 2.65. The molecule has 0 atom stereocenters. The summed E-state index contributed by atoms with van der Waals surface area (Å²) in [5, 5.41) is 2.87. The number of amides is 1. The highest BCUT2D eigenvalue weighted by atomic mass is 32.2. The Bertz CT molecular complexity index is 1070. The summed E-state index contributed by atoms with van der Waals surface area (Å²) in [6.07, 6.45) is 1.63. The summed E-state index contributed by atoms with van der Waals surface area (Å²) in [5.41, 5.74) is 3.88. The van der Waals surface area contributed by atoms with Gasteiger partial charge in [-0.25, -0.2) is 9.97 Å². The standard InChI is InChI=1S/C20H17N3O3S/c1-13-21-17-8-7-15(9-18(17)26-13)22-19(24)12-27-11-16-10-25-20(23-16)14-5-3-2-4-6-14/h2-10H,11-12H2,1H3,(H,22,24). The molecule has 1 N–H and O–H groups in total. The molecule has 2 heterocycles. The Morgan fingerprint density at radius 2 is 2.00 bits per heavy atom. The third kappa shape index (κ3) is 4.20. The van der Waals surface area contributed by atoms with Gasteiger partial charge in [-0.15, -0.1) is 11.8 Å². The summed E-state index contributed by atoms with van der Waals surface area (Å²) in [7, 11) is 0. The van der Waals surface area contributed by atoms with E-state index < -0.39 is 0 Å². The summed E-state index contributed by atoms with van der Waals surface area (Å²) < 4.78 is 11.0.